The summed E-state index contributed by atoms with van der Waals surface area (Å²) < 4.78 is 36.3. The van der Waals surface area contributed by atoms with E-state index in [2.05, 4.69) is 4.65 Å². The van der Waals surface area contributed by atoms with Crippen LogP contribution in [-0.4, -0.2) is 68.8 Å². The van der Waals surface area contributed by atoms with E-state index in [1.807, 2.05) is 0 Å². The van der Waals surface area contributed by atoms with E-state index in [0.29, 0.717) is 0 Å². The van der Waals surface area contributed by atoms with Crippen LogP contribution in [-0.2, 0) is 4.65 Å². The second kappa shape index (κ2) is 6.65. The molecular formula is C2H3BF3KO3. The Labute approximate surface area is 97.5 Å². The van der Waals surface area contributed by atoms with Crippen LogP contribution >= 0.6 is 0 Å². The van der Waals surface area contributed by atoms with E-state index >= 15 is 0 Å². The van der Waals surface area contributed by atoms with Crippen LogP contribution in [0, 0.1) is 0 Å². The van der Waals surface area contributed by atoms with E-state index in [1.54, 1.807) is 0 Å². The van der Waals surface area contributed by atoms with Gasteiger partial charge in [-0.05, 0) is 0 Å². The fourth-order valence-electron chi connectivity index (χ4n) is 0.137. The SMILES string of the molecule is OB(O)OC(F)=C(F)F.[KH]. The molecule has 0 aromatic rings. The van der Waals surface area contributed by atoms with Crippen LogP contribution < -0.4 is 0 Å². The summed E-state index contributed by atoms with van der Waals surface area (Å²) in [7, 11) is -2.55. The normalized spacial score (nSPS) is 7.70. The molecular weight excluding hydrogens is 179 g/mol. The van der Waals surface area contributed by atoms with Crippen molar-refractivity contribution in [3.05, 3.63) is 12.1 Å². The van der Waals surface area contributed by atoms with Crippen LogP contribution in [0.4, 0.5) is 13.2 Å². The first-order chi connectivity index (χ1) is 4.04. The predicted molar refractivity (Wildman–Crippen MR) is 28.8 cm³/mol. The van der Waals surface area contributed by atoms with Crippen molar-refractivity contribution in [1.82, 2.24) is 0 Å². The van der Waals surface area contributed by atoms with Crippen molar-refractivity contribution >= 4 is 58.7 Å². The Morgan fingerprint density at radius 2 is 1.60 bits per heavy atom. The van der Waals surface area contributed by atoms with Gasteiger partial charge in [-0.2, -0.15) is 13.2 Å². The third-order valence-corrected chi connectivity index (χ3v) is 0.357. The van der Waals surface area contributed by atoms with Crippen LogP contribution in [0.3, 0.4) is 0 Å². The molecule has 0 radical (unpaired) electrons. The van der Waals surface area contributed by atoms with E-state index in [1.165, 1.54) is 0 Å². The molecule has 0 spiro atoms. The third-order valence-electron chi connectivity index (χ3n) is 0.357. The van der Waals surface area contributed by atoms with E-state index in [4.69, 9.17) is 10.0 Å². The fraction of sp³-hybridized carbons (Fsp3) is 0. The summed E-state index contributed by atoms with van der Waals surface area (Å²) in [6.45, 7) is 0. The molecule has 0 aliphatic rings. The first-order valence-electron chi connectivity index (χ1n) is 1.77. The van der Waals surface area contributed by atoms with Crippen molar-refractivity contribution < 1.29 is 27.9 Å². The van der Waals surface area contributed by atoms with E-state index in [-0.39, 0.29) is 51.4 Å². The van der Waals surface area contributed by atoms with Gasteiger partial charge >= 0.3 is 70.8 Å². The maximum absolute atomic E-state index is 11.4. The van der Waals surface area contributed by atoms with Crippen LogP contribution in [0.25, 0.3) is 0 Å². The van der Waals surface area contributed by atoms with Crippen molar-refractivity contribution in [3.63, 3.8) is 0 Å². The summed E-state index contributed by atoms with van der Waals surface area (Å²) in [5.41, 5.74) is 0. The molecule has 0 bridgehead atoms. The molecule has 0 aliphatic carbocycles. The average Bonchev–Trinajstić information content (AvgIpc) is 1.63. The van der Waals surface area contributed by atoms with Gasteiger partial charge in [0.25, 0.3) is 0 Å². The Morgan fingerprint density at radius 1 is 1.20 bits per heavy atom. The Balaban J connectivity index is 0. The number of hydrogen-bond donors (Lipinski definition) is 2. The van der Waals surface area contributed by atoms with Gasteiger partial charge < -0.3 is 14.7 Å². The molecule has 0 amide bonds. The molecule has 0 saturated carbocycles. The van der Waals surface area contributed by atoms with Gasteiger partial charge in [0.05, 0.1) is 0 Å². The average molecular weight is 182 g/mol. The van der Waals surface area contributed by atoms with Gasteiger partial charge in [-0.1, -0.05) is 0 Å². The van der Waals surface area contributed by atoms with E-state index in [0.717, 1.165) is 0 Å². The van der Waals surface area contributed by atoms with Gasteiger partial charge in [0, 0.05) is 0 Å². The summed E-state index contributed by atoms with van der Waals surface area (Å²) in [6, 6.07) is -2.29. The topological polar surface area (TPSA) is 49.7 Å². The summed E-state index contributed by atoms with van der Waals surface area (Å²) >= 11 is 0. The Bertz CT molecular complexity index is 125. The molecule has 0 aromatic carbocycles. The van der Waals surface area contributed by atoms with Crippen LogP contribution in [0.15, 0.2) is 12.1 Å². The predicted octanol–water partition coefficient (Wildman–Crippen LogP) is -0.641. The number of halogens is 3. The molecule has 0 atom stereocenters. The molecule has 0 aromatic heterocycles. The molecule has 3 nitrogen and oxygen atoms in total. The first-order valence-corrected chi connectivity index (χ1v) is 1.77. The van der Waals surface area contributed by atoms with Gasteiger partial charge in [-0.15, -0.1) is 0 Å². The molecule has 54 valence electrons. The molecule has 10 heavy (non-hydrogen) atoms. The Kier molecular flexibility index (Phi) is 9.00. The number of hydrogen-bond acceptors (Lipinski definition) is 3. The van der Waals surface area contributed by atoms with E-state index < -0.39 is 19.4 Å². The minimum atomic E-state index is -2.73. The van der Waals surface area contributed by atoms with Gasteiger partial charge in [-0.25, -0.2) is 0 Å². The van der Waals surface area contributed by atoms with Crippen molar-refractivity contribution in [2.24, 2.45) is 0 Å². The van der Waals surface area contributed by atoms with Crippen molar-refractivity contribution in [3.8, 4) is 0 Å². The molecule has 0 rings (SSSR count). The molecule has 0 saturated heterocycles. The van der Waals surface area contributed by atoms with Gasteiger partial charge in [-0.3, -0.25) is 0 Å². The zero-order chi connectivity index (χ0) is 7.44. The molecule has 0 aliphatic heterocycles. The second-order valence-electron chi connectivity index (χ2n) is 0.978. The minimum absolute atomic E-state index is 0. The Morgan fingerprint density at radius 3 is 1.70 bits per heavy atom. The first kappa shape index (κ1) is 13.5. The van der Waals surface area contributed by atoms with E-state index in [9.17, 15) is 13.2 Å². The summed E-state index contributed by atoms with van der Waals surface area (Å²) in [4.78, 5) is 0. The molecule has 8 heteroatoms. The standard InChI is InChI=1S/C2H2BF3O3.K.H/c4-1(5)2(6)9-3(7)8;;/h7-8H;;. The fourth-order valence-corrected chi connectivity index (χ4v) is 0.137. The molecule has 0 fully saturated rings. The zero-order valence-corrected chi connectivity index (χ0v) is 4.01. The summed E-state index contributed by atoms with van der Waals surface area (Å²) in [5, 5.41) is 15.4. The zero-order valence-electron chi connectivity index (χ0n) is 4.01. The summed E-state index contributed by atoms with van der Waals surface area (Å²) in [6.07, 6.45) is -2.73. The molecule has 0 unspecified atom stereocenters. The number of rotatable bonds is 2. The molecule has 2 N–H and O–H groups in total. The van der Waals surface area contributed by atoms with Crippen molar-refractivity contribution in [1.29, 1.82) is 0 Å². The van der Waals surface area contributed by atoms with Gasteiger partial charge in [0.1, 0.15) is 0 Å². The van der Waals surface area contributed by atoms with Crippen LogP contribution in [0.2, 0.25) is 0 Å². The molecule has 0 heterocycles. The van der Waals surface area contributed by atoms with Gasteiger partial charge in [0.2, 0.25) is 0 Å². The van der Waals surface area contributed by atoms with Crippen molar-refractivity contribution in [2.75, 3.05) is 0 Å². The monoisotopic (exact) mass is 182 g/mol. The van der Waals surface area contributed by atoms with Crippen LogP contribution in [0.1, 0.15) is 0 Å². The second-order valence-corrected chi connectivity index (χ2v) is 0.978. The van der Waals surface area contributed by atoms with Gasteiger partial charge in [0.15, 0.2) is 0 Å². The summed E-state index contributed by atoms with van der Waals surface area (Å²) in [5.74, 6) is 0. The quantitative estimate of drug-likeness (QED) is 0.441. The van der Waals surface area contributed by atoms with Crippen LogP contribution in [0.5, 0.6) is 0 Å². The third kappa shape index (κ3) is 7.06. The Hall–Kier alpha value is 0.951. The maximum atomic E-state index is 11.4. The van der Waals surface area contributed by atoms with Crippen molar-refractivity contribution in [2.45, 2.75) is 0 Å².